The van der Waals surface area contributed by atoms with Crippen LogP contribution in [0.1, 0.15) is 21.7 Å². The minimum absolute atomic E-state index is 0.0167. The molecule has 0 unspecified atom stereocenters. The number of rotatable bonds is 4. The number of aromatic nitrogens is 2. The SMILES string of the molecule is COc1ccc(O)c(/C=N/NC(=O)c2nonc2C)c1. The molecular formula is C12H12N4O4. The molecule has 2 rings (SSSR count). The summed E-state index contributed by atoms with van der Waals surface area (Å²) in [4.78, 5) is 11.7. The summed E-state index contributed by atoms with van der Waals surface area (Å²) >= 11 is 0. The summed E-state index contributed by atoms with van der Waals surface area (Å²) in [6.07, 6.45) is 1.29. The van der Waals surface area contributed by atoms with Gasteiger partial charge < -0.3 is 9.84 Å². The fourth-order valence-electron chi connectivity index (χ4n) is 1.41. The summed E-state index contributed by atoms with van der Waals surface area (Å²) in [6, 6.07) is 4.65. The van der Waals surface area contributed by atoms with Crippen molar-refractivity contribution in [1.82, 2.24) is 15.7 Å². The Morgan fingerprint density at radius 3 is 2.95 bits per heavy atom. The standard InChI is InChI=1S/C12H12N4O4/c1-7-11(16-20-15-7)12(18)14-13-6-8-5-9(19-2)3-4-10(8)17/h3-6,17H,1-2H3,(H,14,18)/b13-6+. The topological polar surface area (TPSA) is 110 Å². The van der Waals surface area contributed by atoms with Crippen molar-refractivity contribution in [3.63, 3.8) is 0 Å². The van der Waals surface area contributed by atoms with Crippen LogP contribution in [0.15, 0.2) is 27.9 Å². The van der Waals surface area contributed by atoms with Crippen LogP contribution in [-0.2, 0) is 0 Å². The van der Waals surface area contributed by atoms with E-state index in [2.05, 4.69) is 25.5 Å². The molecule has 1 amide bonds. The molecule has 1 aromatic carbocycles. The number of methoxy groups -OCH3 is 1. The van der Waals surface area contributed by atoms with Gasteiger partial charge in [0.15, 0.2) is 5.69 Å². The Morgan fingerprint density at radius 1 is 1.50 bits per heavy atom. The Balaban J connectivity index is 2.07. The molecule has 0 fully saturated rings. The van der Waals surface area contributed by atoms with E-state index in [1.807, 2.05) is 0 Å². The Morgan fingerprint density at radius 2 is 2.30 bits per heavy atom. The number of aryl methyl sites for hydroxylation is 1. The lowest BCUT2D eigenvalue weighted by molar-refractivity contribution is 0.0945. The van der Waals surface area contributed by atoms with Crippen LogP contribution in [0.3, 0.4) is 0 Å². The van der Waals surface area contributed by atoms with Crippen LogP contribution in [0.5, 0.6) is 11.5 Å². The van der Waals surface area contributed by atoms with Gasteiger partial charge in [-0.2, -0.15) is 5.10 Å². The van der Waals surface area contributed by atoms with Crippen LogP contribution in [0.4, 0.5) is 0 Å². The van der Waals surface area contributed by atoms with Crippen molar-refractivity contribution in [3.05, 3.63) is 35.2 Å². The highest BCUT2D eigenvalue weighted by Crippen LogP contribution is 2.20. The third-order valence-corrected chi connectivity index (χ3v) is 2.47. The van der Waals surface area contributed by atoms with Crippen molar-refractivity contribution in [2.45, 2.75) is 6.92 Å². The van der Waals surface area contributed by atoms with Crippen molar-refractivity contribution in [1.29, 1.82) is 0 Å². The van der Waals surface area contributed by atoms with Crippen molar-refractivity contribution in [3.8, 4) is 11.5 Å². The minimum atomic E-state index is -0.553. The van der Waals surface area contributed by atoms with Gasteiger partial charge in [0.25, 0.3) is 5.91 Å². The second-order valence-electron chi connectivity index (χ2n) is 3.82. The first-order chi connectivity index (χ1) is 9.61. The highest BCUT2D eigenvalue weighted by molar-refractivity contribution is 5.94. The molecule has 20 heavy (non-hydrogen) atoms. The van der Waals surface area contributed by atoms with E-state index in [1.54, 1.807) is 19.1 Å². The van der Waals surface area contributed by atoms with Crippen molar-refractivity contribution >= 4 is 12.1 Å². The zero-order chi connectivity index (χ0) is 14.5. The second-order valence-corrected chi connectivity index (χ2v) is 3.82. The molecule has 2 N–H and O–H groups in total. The number of aromatic hydroxyl groups is 1. The Bertz CT molecular complexity index is 651. The number of phenolic OH excluding ortho intramolecular Hbond substituents is 1. The molecule has 0 bridgehead atoms. The maximum atomic E-state index is 11.7. The summed E-state index contributed by atoms with van der Waals surface area (Å²) in [5.74, 6) is 0.0255. The van der Waals surface area contributed by atoms with Gasteiger partial charge in [-0.05, 0) is 30.3 Å². The Kier molecular flexibility index (Phi) is 3.94. The maximum absolute atomic E-state index is 11.7. The van der Waals surface area contributed by atoms with Gasteiger partial charge in [-0.1, -0.05) is 5.16 Å². The fraction of sp³-hybridized carbons (Fsp3) is 0.167. The number of hydrogen-bond donors (Lipinski definition) is 2. The fourth-order valence-corrected chi connectivity index (χ4v) is 1.41. The van der Waals surface area contributed by atoms with E-state index in [4.69, 9.17) is 4.74 Å². The molecule has 0 aliphatic heterocycles. The molecule has 8 heteroatoms. The van der Waals surface area contributed by atoms with Crippen molar-refractivity contribution < 1.29 is 19.3 Å². The number of nitrogens with zero attached hydrogens (tertiary/aromatic N) is 3. The molecule has 2 aromatic rings. The number of phenols is 1. The third kappa shape index (κ3) is 2.91. The van der Waals surface area contributed by atoms with Gasteiger partial charge in [-0.15, -0.1) is 0 Å². The predicted octanol–water partition coefficient (Wildman–Crippen LogP) is 0.856. The molecule has 0 atom stereocenters. The van der Waals surface area contributed by atoms with Crippen molar-refractivity contribution in [2.75, 3.05) is 7.11 Å². The molecular weight excluding hydrogens is 264 g/mol. The number of ether oxygens (including phenoxy) is 1. The Hall–Kier alpha value is -2.90. The monoisotopic (exact) mass is 276 g/mol. The van der Waals surface area contributed by atoms with E-state index >= 15 is 0 Å². The molecule has 0 radical (unpaired) electrons. The Labute approximate surface area is 114 Å². The summed E-state index contributed by atoms with van der Waals surface area (Å²) < 4.78 is 9.43. The van der Waals surface area contributed by atoms with E-state index in [1.165, 1.54) is 19.4 Å². The first-order valence-electron chi connectivity index (χ1n) is 5.61. The lowest BCUT2D eigenvalue weighted by Gasteiger charge is -2.02. The summed E-state index contributed by atoms with van der Waals surface area (Å²) in [5.41, 5.74) is 3.07. The molecule has 0 saturated carbocycles. The number of hydrazone groups is 1. The number of amides is 1. The number of carbonyl (C=O) groups is 1. The molecule has 0 aliphatic rings. The van der Waals surface area contributed by atoms with E-state index < -0.39 is 5.91 Å². The van der Waals surface area contributed by atoms with Crippen LogP contribution in [-0.4, -0.2) is 34.7 Å². The molecule has 0 saturated heterocycles. The zero-order valence-electron chi connectivity index (χ0n) is 10.8. The smallest absolute Gasteiger partial charge is 0.295 e. The normalized spacial score (nSPS) is 10.7. The van der Waals surface area contributed by atoms with E-state index in [9.17, 15) is 9.90 Å². The molecule has 104 valence electrons. The average molecular weight is 276 g/mol. The van der Waals surface area contributed by atoms with Crippen molar-refractivity contribution in [2.24, 2.45) is 5.10 Å². The molecule has 0 spiro atoms. The van der Waals surface area contributed by atoms with Gasteiger partial charge in [-0.25, -0.2) is 10.1 Å². The van der Waals surface area contributed by atoms with Crippen LogP contribution in [0, 0.1) is 6.92 Å². The van der Waals surface area contributed by atoms with Gasteiger partial charge in [0.2, 0.25) is 0 Å². The van der Waals surface area contributed by atoms with Gasteiger partial charge >= 0.3 is 0 Å². The first kappa shape index (κ1) is 13.5. The molecule has 0 aliphatic carbocycles. The maximum Gasteiger partial charge on any atom is 0.295 e. The number of hydrogen-bond acceptors (Lipinski definition) is 7. The number of nitrogens with one attached hydrogen (secondary N) is 1. The van der Waals surface area contributed by atoms with Crippen LogP contribution >= 0.6 is 0 Å². The summed E-state index contributed by atoms with van der Waals surface area (Å²) in [7, 11) is 1.51. The lowest BCUT2D eigenvalue weighted by atomic mass is 10.2. The van der Waals surface area contributed by atoms with Gasteiger partial charge in [-0.3, -0.25) is 4.79 Å². The average Bonchev–Trinajstić information content (AvgIpc) is 2.87. The molecule has 8 nitrogen and oxygen atoms in total. The third-order valence-electron chi connectivity index (χ3n) is 2.47. The molecule has 1 heterocycles. The first-order valence-corrected chi connectivity index (χ1v) is 5.61. The van der Waals surface area contributed by atoms with E-state index in [0.29, 0.717) is 17.0 Å². The number of benzene rings is 1. The van der Waals surface area contributed by atoms with E-state index in [0.717, 1.165) is 0 Å². The largest absolute Gasteiger partial charge is 0.507 e. The summed E-state index contributed by atoms with van der Waals surface area (Å²) in [6.45, 7) is 1.59. The van der Waals surface area contributed by atoms with Gasteiger partial charge in [0, 0.05) is 5.56 Å². The minimum Gasteiger partial charge on any atom is -0.507 e. The van der Waals surface area contributed by atoms with E-state index in [-0.39, 0.29) is 11.4 Å². The highest BCUT2D eigenvalue weighted by atomic mass is 16.6. The lowest BCUT2D eigenvalue weighted by Crippen LogP contribution is -2.19. The molecule has 1 aromatic heterocycles. The summed E-state index contributed by atoms with van der Waals surface area (Å²) in [5, 5.41) is 20.3. The quantitative estimate of drug-likeness (QED) is 0.633. The number of carbonyl (C=O) groups excluding carboxylic acids is 1. The zero-order valence-corrected chi connectivity index (χ0v) is 10.8. The predicted molar refractivity (Wildman–Crippen MR) is 68.8 cm³/mol. The van der Waals surface area contributed by atoms with Gasteiger partial charge in [0.05, 0.1) is 13.3 Å². The van der Waals surface area contributed by atoms with Crippen LogP contribution in [0.25, 0.3) is 0 Å². The van der Waals surface area contributed by atoms with Crippen LogP contribution < -0.4 is 10.2 Å². The van der Waals surface area contributed by atoms with Gasteiger partial charge in [0.1, 0.15) is 17.2 Å². The van der Waals surface area contributed by atoms with Crippen LogP contribution in [0.2, 0.25) is 0 Å². The highest BCUT2D eigenvalue weighted by Gasteiger charge is 2.13. The second kappa shape index (κ2) is 5.83.